The second-order valence-corrected chi connectivity index (χ2v) is 10.3. The standard InChI is InChI=1S/C22H20ClIN2O3S/c1-15-3-10-20(13-16(15)2)26(30(28,29)21-11-4-17(23)5-12-21)14-22(27)25-19-8-6-18(24)7-9-19/h3-13H,14H2,1-2H3,(H,25,27). The van der Waals surface area contributed by atoms with E-state index in [0.717, 1.165) is 19.0 Å². The van der Waals surface area contributed by atoms with Crippen LogP contribution in [0.4, 0.5) is 11.4 Å². The summed E-state index contributed by atoms with van der Waals surface area (Å²) < 4.78 is 28.9. The average molecular weight is 555 g/mol. The third kappa shape index (κ3) is 5.33. The molecule has 5 nitrogen and oxygen atoms in total. The van der Waals surface area contributed by atoms with E-state index in [9.17, 15) is 13.2 Å². The van der Waals surface area contributed by atoms with Gasteiger partial charge in [0.25, 0.3) is 10.0 Å². The summed E-state index contributed by atoms with van der Waals surface area (Å²) in [6.45, 7) is 3.48. The van der Waals surface area contributed by atoms with Crippen LogP contribution >= 0.6 is 34.2 Å². The van der Waals surface area contributed by atoms with Crippen molar-refractivity contribution in [2.24, 2.45) is 0 Å². The lowest BCUT2D eigenvalue weighted by Gasteiger charge is -2.25. The number of aryl methyl sites for hydroxylation is 2. The van der Waals surface area contributed by atoms with Gasteiger partial charge in [-0.05, 0) is 108 Å². The molecule has 0 radical (unpaired) electrons. The minimum Gasteiger partial charge on any atom is -0.325 e. The maximum Gasteiger partial charge on any atom is 0.264 e. The second-order valence-electron chi connectivity index (χ2n) is 6.79. The molecule has 0 aliphatic heterocycles. The zero-order valence-electron chi connectivity index (χ0n) is 16.4. The molecule has 0 heterocycles. The van der Waals surface area contributed by atoms with E-state index in [-0.39, 0.29) is 11.4 Å². The molecular formula is C22H20ClIN2O3S. The number of sulfonamides is 1. The summed E-state index contributed by atoms with van der Waals surface area (Å²) in [4.78, 5) is 12.8. The minimum atomic E-state index is -3.98. The van der Waals surface area contributed by atoms with Crippen LogP contribution in [0.25, 0.3) is 0 Å². The first kappa shape index (κ1) is 22.6. The number of anilines is 2. The van der Waals surface area contributed by atoms with Gasteiger partial charge in [0.15, 0.2) is 0 Å². The highest BCUT2D eigenvalue weighted by Crippen LogP contribution is 2.26. The summed E-state index contributed by atoms with van der Waals surface area (Å²) in [5.41, 5.74) is 2.99. The third-order valence-corrected chi connectivity index (χ3v) is 7.35. The van der Waals surface area contributed by atoms with Crippen LogP contribution in [0, 0.1) is 17.4 Å². The molecule has 0 bridgehead atoms. The molecule has 0 unspecified atom stereocenters. The lowest BCUT2D eigenvalue weighted by molar-refractivity contribution is -0.114. The predicted octanol–water partition coefficient (Wildman–Crippen LogP) is 5.40. The van der Waals surface area contributed by atoms with Gasteiger partial charge in [-0.25, -0.2) is 8.42 Å². The van der Waals surface area contributed by atoms with Gasteiger partial charge in [0.2, 0.25) is 5.91 Å². The number of halogens is 2. The highest BCUT2D eigenvalue weighted by Gasteiger charge is 2.27. The van der Waals surface area contributed by atoms with Crippen LogP contribution < -0.4 is 9.62 Å². The number of rotatable bonds is 6. The Morgan fingerprint density at radius 3 is 2.20 bits per heavy atom. The molecule has 1 N–H and O–H groups in total. The Hall–Kier alpha value is -2.10. The van der Waals surface area contributed by atoms with Crippen LogP contribution in [0.5, 0.6) is 0 Å². The quantitative estimate of drug-likeness (QED) is 0.415. The van der Waals surface area contributed by atoms with Crippen LogP contribution in [-0.4, -0.2) is 20.9 Å². The number of hydrogen-bond donors (Lipinski definition) is 1. The summed E-state index contributed by atoms with van der Waals surface area (Å²) in [6.07, 6.45) is 0. The molecule has 30 heavy (non-hydrogen) atoms. The summed E-state index contributed by atoms with van der Waals surface area (Å²) in [7, 11) is -3.98. The fraction of sp³-hybridized carbons (Fsp3) is 0.136. The molecule has 0 aromatic heterocycles. The van der Waals surface area contributed by atoms with Crippen molar-refractivity contribution in [1.82, 2.24) is 0 Å². The van der Waals surface area contributed by atoms with Gasteiger partial charge < -0.3 is 5.32 Å². The van der Waals surface area contributed by atoms with E-state index in [0.29, 0.717) is 16.4 Å². The first-order valence-corrected chi connectivity index (χ1v) is 12.0. The van der Waals surface area contributed by atoms with Crippen LogP contribution in [0.15, 0.2) is 71.6 Å². The largest absolute Gasteiger partial charge is 0.325 e. The van der Waals surface area contributed by atoms with Crippen LogP contribution in [0.1, 0.15) is 11.1 Å². The van der Waals surface area contributed by atoms with E-state index in [1.807, 2.05) is 32.0 Å². The molecule has 8 heteroatoms. The molecule has 1 amide bonds. The van der Waals surface area contributed by atoms with Gasteiger partial charge in [0.1, 0.15) is 6.54 Å². The Balaban J connectivity index is 1.96. The summed E-state index contributed by atoms with van der Waals surface area (Å²) in [5.74, 6) is -0.438. The van der Waals surface area contributed by atoms with Crippen molar-refractivity contribution in [2.45, 2.75) is 18.7 Å². The molecule has 0 aliphatic carbocycles. The van der Waals surface area contributed by atoms with Crippen molar-refractivity contribution in [2.75, 3.05) is 16.2 Å². The highest BCUT2D eigenvalue weighted by molar-refractivity contribution is 14.1. The molecule has 0 aliphatic rings. The van der Waals surface area contributed by atoms with Crippen LogP contribution in [0.2, 0.25) is 5.02 Å². The molecule has 0 spiro atoms. The Bertz CT molecular complexity index is 1160. The van der Waals surface area contributed by atoms with Crippen LogP contribution in [-0.2, 0) is 14.8 Å². The van der Waals surface area contributed by atoms with E-state index < -0.39 is 15.9 Å². The average Bonchev–Trinajstić information content (AvgIpc) is 2.70. The highest BCUT2D eigenvalue weighted by atomic mass is 127. The van der Waals surface area contributed by atoms with Crippen molar-refractivity contribution in [3.05, 3.63) is 86.4 Å². The van der Waals surface area contributed by atoms with E-state index in [1.54, 1.807) is 24.3 Å². The van der Waals surface area contributed by atoms with Gasteiger partial charge in [-0.15, -0.1) is 0 Å². The van der Waals surface area contributed by atoms with Gasteiger partial charge in [-0.2, -0.15) is 0 Å². The fourth-order valence-electron chi connectivity index (χ4n) is 2.79. The topological polar surface area (TPSA) is 66.5 Å². The molecule has 3 aromatic carbocycles. The van der Waals surface area contributed by atoms with E-state index in [4.69, 9.17) is 11.6 Å². The Labute approximate surface area is 195 Å². The SMILES string of the molecule is Cc1ccc(N(CC(=O)Nc2ccc(I)cc2)S(=O)(=O)c2ccc(Cl)cc2)cc1C. The van der Waals surface area contributed by atoms with E-state index >= 15 is 0 Å². The molecule has 3 aromatic rings. The Morgan fingerprint density at radius 2 is 1.60 bits per heavy atom. The maximum atomic E-state index is 13.4. The zero-order valence-corrected chi connectivity index (χ0v) is 20.1. The van der Waals surface area contributed by atoms with Crippen molar-refractivity contribution >= 4 is 61.5 Å². The minimum absolute atomic E-state index is 0.0622. The van der Waals surface area contributed by atoms with Crippen molar-refractivity contribution in [1.29, 1.82) is 0 Å². The van der Waals surface area contributed by atoms with Crippen molar-refractivity contribution in [3.63, 3.8) is 0 Å². The lowest BCUT2D eigenvalue weighted by Crippen LogP contribution is -2.38. The van der Waals surface area contributed by atoms with Gasteiger partial charge in [-0.3, -0.25) is 9.10 Å². The third-order valence-electron chi connectivity index (χ3n) is 4.60. The molecule has 0 saturated carbocycles. The number of carbonyl (C=O) groups is 1. The molecule has 0 atom stereocenters. The molecular weight excluding hydrogens is 535 g/mol. The smallest absolute Gasteiger partial charge is 0.264 e. The normalized spacial score (nSPS) is 11.2. The first-order chi connectivity index (χ1) is 14.2. The second kappa shape index (κ2) is 9.36. The Morgan fingerprint density at radius 1 is 0.967 bits per heavy atom. The van der Waals surface area contributed by atoms with Crippen LogP contribution in [0.3, 0.4) is 0 Å². The van der Waals surface area contributed by atoms with Crippen molar-refractivity contribution < 1.29 is 13.2 Å². The molecule has 156 valence electrons. The fourth-order valence-corrected chi connectivity index (χ4v) is 4.69. The molecule has 0 fully saturated rings. The number of benzene rings is 3. The lowest BCUT2D eigenvalue weighted by atomic mass is 10.1. The number of hydrogen-bond acceptors (Lipinski definition) is 3. The van der Waals surface area contributed by atoms with Crippen molar-refractivity contribution in [3.8, 4) is 0 Å². The van der Waals surface area contributed by atoms with E-state index in [1.165, 1.54) is 24.3 Å². The number of amides is 1. The first-order valence-electron chi connectivity index (χ1n) is 9.08. The van der Waals surface area contributed by atoms with Gasteiger partial charge >= 0.3 is 0 Å². The summed E-state index contributed by atoms with van der Waals surface area (Å²) >= 11 is 8.08. The van der Waals surface area contributed by atoms with Gasteiger partial charge in [0.05, 0.1) is 10.6 Å². The Kier molecular flexibility index (Phi) is 7.05. The maximum absolute atomic E-state index is 13.4. The number of carbonyl (C=O) groups excluding carboxylic acids is 1. The van der Waals surface area contributed by atoms with Gasteiger partial charge in [0, 0.05) is 14.3 Å². The van der Waals surface area contributed by atoms with E-state index in [2.05, 4.69) is 27.9 Å². The summed E-state index contributed by atoms with van der Waals surface area (Å²) in [6, 6.07) is 18.5. The zero-order chi connectivity index (χ0) is 21.9. The number of nitrogens with zero attached hydrogens (tertiary/aromatic N) is 1. The molecule has 0 saturated heterocycles. The number of nitrogens with one attached hydrogen (secondary N) is 1. The predicted molar refractivity (Wildman–Crippen MR) is 130 cm³/mol. The monoisotopic (exact) mass is 554 g/mol. The molecule has 3 rings (SSSR count). The van der Waals surface area contributed by atoms with Gasteiger partial charge in [-0.1, -0.05) is 17.7 Å². The summed E-state index contributed by atoms with van der Waals surface area (Å²) in [5, 5.41) is 3.19.